The minimum Gasteiger partial charge on any atom is -0.477 e. The molecule has 0 bridgehead atoms. The standard InChI is InChI=1S/C11H16ClN3O/c1-15-5-2-3-9(15)4-6-16-11-7-10(12)13-8-14-11/h7-9H,2-6H2,1H3. The monoisotopic (exact) mass is 241 g/mol. The fourth-order valence-corrected chi connectivity index (χ4v) is 2.18. The Hall–Kier alpha value is -0.870. The summed E-state index contributed by atoms with van der Waals surface area (Å²) in [6.45, 7) is 1.88. The van der Waals surface area contributed by atoms with Gasteiger partial charge >= 0.3 is 0 Å². The molecule has 0 spiro atoms. The van der Waals surface area contributed by atoms with Crippen LogP contribution >= 0.6 is 11.6 Å². The molecular weight excluding hydrogens is 226 g/mol. The Morgan fingerprint density at radius 2 is 2.44 bits per heavy atom. The molecule has 1 aromatic rings. The van der Waals surface area contributed by atoms with Crippen LogP contribution < -0.4 is 4.74 Å². The number of hydrogen-bond donors (Lipinski definition) is 0. The van der Waals surface area contributed by atoms with E-state index < -0.39 is 0 Å². The predicted octanol–water partition coefficient (Wildman–Crippen LogP) is 1.99. The summed E-state index contributed by atoms with van der Waals surface area (Å²) in [7, 11) is 2.17. The highest BCUT2D eigenvalue weighted by atomic mass is 35.5. The van der Waals surface area contributed by atoms with Gasteiger partial charge in [0, 0.05) is 12.1 Å². The first-order chi connectivity index (χ1) is 7.75. The first-order valence-corrected chi connectivity index (χ1v) is 5.94. The lowest BCUT2D eigenvalue weighted by Crippen LogP contribution is -2.26. The largest absolute Gasteiger partial charge is 0.477 e. The van der Waals surface area contributed by atoms with Crippen molar-refractivity contribution in [1.29, 1.82) is 0 Å². The van der Waals surface area contributed by atoms with Crippen LogP contribution in [0, 0.1) is 0 Å². The van der Waals surface area contributed by atoms with E-state index in [9.17, 15) is 0 Å². The summed E-state index contributed by atoms with van der Waals surface area (Å²) in [5, 5.41) is 0.419. The zero-order valence-corrected chi connectivity index (χ0v) is 10.2. The summed E-state index contributed by atoms with van der Waals surface area (Å²) in [5.41, 5.74) is 0. The lowest BCUT2D eigenvalue weighted by molar-refractivity contribution is 0.228. The quantitative estimate of drug-likeness (QED) is 0.756. The second kappa shape index (κ2) is 5.46. The summed E-state index contributed by atoms with van der Waals surface area (Å²) in [6.07, 6.45) is 5.02. The topological polar surface area (TPSA) is 38.2 Å². The van der Waals surface area contributed by atoms with E-state index in [0.29, 0.717) is 23.7 Å². The maximum absolute atomic E-state index is 5.73. The molecule has 1 aliphatic heterocycles. The van der Waals surface area contributed by atoms with E-state index in [-0.39, 0.29) is 0 Å². The van der Waals surface area contributed by atoms with E-state index in [0.717, 1.165) is 6.42 Å². The first kappa shape index (κ1) is 11.6. The molecule has 0 N–H and O–H groups in total. The SMILES string of the molecule is CN1CCCC1CCOc1cc(Cl)ncn1. The van der Waals surface area contributed by atoms with E-state index in [1.807, 2.05) is 0 Å². The van der Waals surface area contributed by atoms with Gasteiger partial charge in [-0.25, -0.2) is 9.97 Å². The summed E-state index contributed by atoms with van der Waals surface area (Å²) in [4.78, 5) is 10.2. The maximum atomic E-state index is 5.73. The molecular formula is C11H16ClN3O. The van der Waals surface area contributed by atoms with Crippen LogP contribution in [0.1, 0.15) is 19.3 Å². The Morgan fingerprint density at radius 3 is 3.12 bits per heavy atom. The fourth-order valence-electron chi connectivity index (χ4n) is 2.04. The van der Waals surface area contributed by atoms with Crippen molar-refractivity contribution in [3.05, 3.63) is 17.5 Å². The van der Waals surface area contributed by atoms with Gasteiger partial charge in [0.05, 0.1) is 6.61 Å². The molecule has 88 valence electrons. The van der Waals surface area contributed by atoms with Gasteiger partial charge in [0.25, 0.3) is 0 Å². The second-order valence-electron chi connectivity index (χ2n) is 4.09. The number of ether oxygens (including phenoxy) is 1. The molecule has 0 radical (unpaired) electrons. The number of nitrogens with zero attached hydrogens (tertiary/aromatic N) is 3. The van der Waals surface area contributed by atoms with E-state index in [1.54, 1.807) is 6.07 Å². The van der Waals surface area contributed by atoms with Crippen LogP contribution in [-0.4, -0.2) is 41.1 Å². The molecule has 0 aromatic carbocycles. The summed E-state index contributed by atoms with van der Waals surface area (Å²) < 4.78 is 5.53. The number of rotatable bonds is 4. The normalized spacial score (nSPS) is 21.2. The van der Waals surface area contributed by atoms with Crippen LogP contribution in [0.5, 0.6) is 5.88 Å². The second-order valence-corrected chi connectivity index (χ2v) is 4.48. The van der Waals surface area contributed by atoms with Gasteiger partial charge in [0.2, 0.25) is 5.88 Å². The van der Waals surface area contributed by atoms with Crippen molar-refractivity contribution in [2.45, 2.75) is 25.3 Å². The molecule has 1 fully saturated rings. The van der Waals surface area contributed by atoms with Gasteiger partial charge in [-0.2, -0.15) is 0 Å². The van der Waals surface area contributed by atoms with Gasteiger partial charge in [-0.3, -0.25) is 0 Å². The van der Waals surface area contributed by atoms with Crippen molar-refractivity contribution in [3.8, 4) is 5.88 Å². The van der Waals surface area contributed by atoms with Crippen LogP contribution in [0.2, 0.25) is 5.15 Å². The Morgan fingerprint density at radius 1 is 1.56 bits per heavy atom. The van der Waals surface area contributed by atoms with Crippen molar-refractivity contribution in [3.63, 3.8) is 0 Å². The van der Waals surface area contributed by atoms with Gasteiger partial charge in [-0.05, 0) is 32.9 Å². The molecule has 1 atom stereocenters. The molecule has 2 rings (SSSR count). The smallest absolute Gasteiger partial charge is 0.217 e. The van der Waals surface area contributed by atoms with E-state index in [2.05, 4.69) is 21.9 Å². The predicted molar refractivity (Wildman–Crippen MR) is 62.8 cm³/mol. The third-order valence-electron chi connectivity index (χ3n) is 2.98. The minimum atomic E-state index is 0.419. The molecule has 16 heavy (non-hydrogen) atoms. The zero-order valence-electron chi connectivity index (χ0n) is 9.40. The summed E-state index contributed by atoms with van der Waals surface area (Å²) in [6, 6.07) is 2.29. The Bertz CT molecular complexity index is 348. The van der Waals surface area contributed by atoms with Crippen molar-refractivity contribution >= 4 is 11.6 Å². The van der Waals surface area contributed by atoms with Crippen LogP contribution in [0.25, 0.3) is 0 Å². The summed E-state index contributed by atoms with van der Waals surface area (Å²) >= 11 is 5.73. The van der Waals surface area contributed by atoms with Crippen LogP contribution in [0.3, 0.4) is 0 Å². The Labute approximate surface area is 101 Å². The Kier molecular flexibility index (Phi) is 3.96. The molecule has 0 amide bonds. The van der Waals surface area contributed by atoms with Crippen molar-refractivity contribution in [2.24, 2.45) is 0 Å². The molecule has 0 saturated carbocycles. The van der Waals surface area contributed by atoms with Crippen LogP contribution in [0.4, 0.5) is 0 Å². The van der Waals surface area contributed by atoms with E-state index in [4.69, 9.17) is 16.3 Å². The van der Waals surface area contributed by atoms with Crippen LogP contribution in [-0.2, 0) is 0 Å². The number of aromatic nitrogens is 2. The minimum absolute atomic E-state index is 0.419. The van der Waals surface area contributed by atoms with Gasteiger partial charge in [-0.1, -0.05) is 11.6 Å². The highest BCUT2D eigenvalue weighted by molar-refractivity contribution is 6.29. The summed E-state index contributed by atoms with van der Waals surface area (Å²) in [5.74, 6) is 0.556. The molecule has 1 unspecified atom stereocenters. The maximum Gasteiger partial charge on any atom is 0.217 e. The highest BCUT2D eigenvalue weighted by Gasteiger charge is 2.20. The Balaban J connectivity index is 1.75. The fraction of sp³-hybridized carbons (Fsp3) is 0.636. The van der Waals surface area contributed by atoms with Gasteiger partial charge in [0.15, 0.2) is 0 Å². The van der Waals surface area contributed by atoms with Crippen LogP contribution in [0.15, 0.2) is 12.4 Å². The number of likely N-dealkylation sites (tertiary alicyclic amines) is 1. The molecule has 1 aliphatic rings. The number of halogens is 1. The van der Waals surface area contributed by atoms with Crippen molar-refractivity contribution in [2.75, 3.05) is 20.2 Å². The van der Waals surface area contributed by atoms with Gasteiger partial charge in [0.1, 0.15) is 11.5 Å². The van der Waals surface area contributed by atoms with Gasteiger partial charge < -0.3 is 9.64 Å². The highest BCUT2D eigenvalue weighted by Crippen LogP contribution is 2.18. The average molecular weight is 242 g/mol. The molecule has 0 aliphatic carbocycles. The third kappa shape index (κ3) is 3.06. The van der Waals surface area contributed by atoms with Crippen molar-refractivity contribution in [1.82, 2.24) is 14.9 Å². The number of hydrogen-bond acceptors (Lipinski definition) is 4. The first-order valence-electron chi connectivity index (χ1n) is 5.56. The molecule has 4 nitrogen and oxygen atoms in total. The van der Waals surface area contributed by atoms with Gasteiger partial charge in [-0.15, -0.1) is 0 Å². The lowest BCUT2D eigenvalue weighted by Gasteiger charge is -2.18. The molecule has 2 heterocycles. The third-order valence-corrected chi connectivity index (χ3v) is 3.19. The van der Waals surface area contributed by atoms with Crippen molar-refractivity contribution < 1.29 is 4.74 Å². The molecule has 5 heteroatoms. The average Bonchev–Trinajstić information content (AvgIpc) is 2.65. The van der Waals surface area contributed by atoms with E-state index in [1.165, 1.54) is 25.7 Å². The molecule has 1 aromatic heterocycles. The lowest BCUT2D eigenvalue weighted by atomic mass is 10.1. The zero-order chi connectivity index (χ0) is 11.4. The van der Waals surface area contributed by atoms with E-state index >= 15 is 0 Å². The molecule has 1 saturated heterocycles.